The fraction of sp³-hybridized carbons (Fsp3) is 0.242. The highest BCUT2D eigenvalue weighted by Crippen LogP contribution is 2.27. The molecular weight excluding hydrogens is 458 g/mol. The van der Waals surface area contributed by atoms with Crippen LogP contribution in [0.15, 0.2) is 115 Å². The van der Waals surface area contributed by atoms with Gasteiger partial charge < -0.3 is 15.2 Å². The highest BCUT2D eigenvalue weighted by atomic mass is 16.5. The Morgan fingerprint density at radius 2 is 1.32 bits per heavy atom. The first kappa shape index (κ1) is 26.3. The zero-order valence-electron chi connectivity index (χ0n) is 21.1. The van der Waals surface area contributed by atoms with Gasteiger partial charge in [-0.05, 0) is 48.2 Å². The van der Waals surface area contributed by atoms with E-state index < -0.39 is 6.10 Å². The lowest BCUT2D eigenvalue weighted by atomic mass is 9.88. The fourth-order valence-electron chi connectivity index (χ4n) is 4.52. The number of rotatable bonds is 14. The summed E-state index contributed by atoms with van der Waals surface area (Å²) in [4.78, 5) is 12.8. The van der Waals surface area contributed by atoms with Gasteiger partial charge in [-0.3, -0.25) is 4.79 Å². The molecule has 190 valence electrons. The zero-order valence-corrected chi connectivity index (χ0v) is 21.1. The molecule has 0 unspecified atom stereocenters. The molecule has 4 heteroatoms. The molecule has 0 amide bonds. The third-order valence-corrected chi connectivity index (χ3v) is 6.50. The van der Waals surface area contributed by atoms with Crippen LogP contribution in [0, 0.1) is 0 Å². The maximum atomic E-state index is 12.8. The van der Waals surface area contributed by atoms with Crippen molar-refractivity contribution in [1.82, 2.24) is 5.32 Å². The topological polar surface area (TPSA) is 58.6 Å². The number of aliphatic hydroxyl groups excluding tert-OH is 1. The second-order valence-electron chi connectivity index (χ2n) is 9.24. The fourth-order valence-corrected chi connectivity index (χ4v) is 4.52. The Morgan fingerprint density at radius 3 is 1.97 bits per heavy atom. The second-order valence-corrected chi connectivity index (χ2v) is 9.24. The zero-order chi connectivity index (χ0) is 25.7. The van der Waals surface area contributed by atoms with Crippen LogP contribution in [-0.4, -0.2) is 36.7 Å². The molecule has 37 heavy (non-hydrogen) atoms. The SMILES string of the molecule is O=C(CCc1ccccc1)c1ccccc1OC[C@H](O)CNCCC(c1ccccc1)c1ccccc1. The van der Waals surface area contributed by atoms with Gasteiger partial charge in [0, 0.05) is 18.9 Å². The number of nitrogens with one attached hydrogen (secondary N) is 1. The number of aliphatic hydroxyl groups is 1. The molecule has 4 aromatic carbocycles. The first-order valence-corrected chi connectivity index (χ1v) is 13.0. The monoisotopic (exact) mass is 493 g/mol. The molecule has 0 heterocycles. The smallest absolute Gasteiger partial charge is 0.166 e. The number of Topliss-reactive ketones (excluding diaryl/α,β-unsaturated/α-hetero) is 1. The molecule has 4 aromatic rings. The number of ketones is 1. The van der Waals surface area contributed by atoms with E-state index in [2.05, 4.69) is 53.8 Å². The molecule has 4 nitrogen and oxygen atoms in total. The van der Waals surface area contributed by atoms with Gasteiger partial charge in [-0.2, -0.15) is 0 Å². The van der Waals surface area contributed by atoms with Crippen LogP contribution in [-0.2, 0) is 6.42 Å². The van der Waals surface area contributed by atoms with Gasteiger partial charge in [0.05, 0.1) is 5.56 Å². The Bertz CT molecular complexity index is 1170. The third-order valence-electron chi connectivity index (χ3n) is 6.50. The van der Waals surface area contributed by atoms with E-state index in [0.717, 1.165) is 18.5 Å². The molecule has 0 aromatic heterocycles. The highest BCUT2D eigenvalue weighted by molar-refractivity contribution is 5.98. The van der Waals surface area contributed by atoms with Crippen molar-refractivity contribution in [3.05, 3.63) is 138 Å². The summed E-state index contributed by atoms with van der Waals surface area (Å²) in [5.41, 5.74) is 4.27. The number of ether oxygens (including phenoxy) is 1. The summed E-state index contributed by atoms with van der Waals surface area (Å²) >= 11 is 0. The molecule has 0 aliphatic heterocycles. The number of aryl methyl sites for hydroxylation is 1. The van der Waals surface area contributed by atoms with E-state index in [1.165, 1.54) is 11.1 Å². The van der Waals surface area contributed by atoms with Crippen LogP contribution in [0.2, 0.25) is 0 Å². The molecular formula is C33H35NO3. The Morgan fingerprint density at radius 1 is 0.757 bits per heavy atom. The minimum Gasteiger partial charge on any atom is -0.490 e. The average molecular weight is 494 g/mol. The number of para-hydroxylation sites is 1. The van der Waals surface area contributed by atoms with Crippen LogP contribution in [0.4, 0.5) is 0 Å². The summed E-state index contributed by atoms with van der Waals surface area (Å²) in [6, 6.07) is 38.3. The van der Waals surface area contributed by atoms with Crippen molar-refractivity contribution in [1.29, 1.82) is 0 Å². The van der Waals surface area contributed by atoms with Crippen molar-refractivity contribution in [3.8, 4) is 5.75 Å². The molecule has 0 aliphatic carbocycles. The van der Waals surface area contributed by atoms with Gasteiger partial charge in [0.25, 0.3) is 0 Å². The standard InChI is InChI=1S/C33H35NO3/c35-29(24-34-23-22-30(27-14-6-2-7-15-27)28-16-8-3-9-17-28)25-37-33-19-11-10-18-31(33)32(36)21-20-26-12-4-1-5-13-26/h1-19,29-30,34-35H,20-25H2/t29-/m1/s1. The van der Waals surface area contributed by atoms with E-state index in [0.29, 0.717) is 30.7 Å². The number of benzene rings is 4. The Kier molecular flexibility index (Phi) is 10.1. The van der Waals surface area contributed by atoms with Crippen molar-refractivity contribution < 1.29 is 14.6 Å². The van der Waals surface area contributed by atoms with Crippen molar-refractivity contribution >= 4 is 5.78 Å². The molecule has 0 radical (unpaired) electrons. The maximum Gasteiger partial charge on any atom is 0.166 e. The first-order chi connectivity index (χ1) is 18.2. The lowest BCUT2D eigenvalue weighted by Crippen LogP contribution is -2.32. The maximum absolute atomic E-state index is 12.8. The Balaban J connectivity index is 1.24. The summed E-state index contributed by atoms with van der Waals surface area (Å²) in [6.07, 6.45) is 1.34. The van der Waals surface area contributed by atoms with Crippen LogP contribution in [0.1, 0.15) is 45.8 Å². The molecule has 1 atom stereocenters. The van der Waals surface area contributed by atoms with Crippen LogP contribution in [0.5, 0.6) is 5.75 Å². The number of hydrogen-bond acceptors (Lipinski definition) is 4. The van der Waals surface area contributed by atoms with Gasteiger partial charge in [-0.25, -0.2) is 0 Å². The molecule has 0 saturated heterocycles. The Hall–Kier alpha value is -3.73. The summed E-state index contributed by atoms with van der Waals surface area (Å²) < 4.78 is 5.88. The molecule has 0 spiro atoms. The number of carbonyl (C=O) groups excluding carboxylic acids is 1. The van der Waals surface area contributed by atoms with Gasteiger partial charge in [-0.1, -0.05) is 103 Å². The predicted molar refractivity (Wildman–Crippen MR) is 149 cm³/mol. The van der Waals surface area contributed by atoms with E-state index in [1.807, 2.05) is 54.6 Å². The summed E-state index contributed by atoms with van der Waals surface area (Å²) in [6.45, 7) is 1.30. The highest BCUT2D eigenvalue weighted by Gasteiger charge is 2.15. The van der Waals surface area contributed by atoms with Crippen molar-refractivity contribution in [2.45, 2.75) is 31.3 Å². The average Bonchev–Trinajstić information content (AvgIpc) is 2.96. The number of hydrogen-bond donors (Lipinski definition) is 2. The van der Waals surface area contributed by atoms with Crippen molar-refractivity contribution in [2.24, 2.45) is 0 Å². The lowest BCUT2D eigenvalue weighted by Gasteiger charge is -2.19. The summed E-state index contributed by atoms with van der Waals surface area (Å²) in [5.74, 6) is 0.852. The van der Waals surface area contributed by atoms with Gasteiger partial charge in [0.1, 0.15) is 18.5 Å². The van der Waals surface area contributed by atoms with Crippen LogP contribution in [0.3, 0.4) is 0 Å². The Labute approximate surface area is 220 Å². The molecule has 0 fully saturated rings. The van der Waals surface area contributed by atoms with Crippen LogP contribution >= 0.6 is 0 Å². The van der Waals surface area contributed by atoms with Gasteiger partial charge in [0.15, 0.2) is 5.78 Å². The van der Waals surface area contributed by atoms with E-state index in [4.69, 9.17) is 4.74 Å². The second kappa shape index (κ2) is 14.1. The molecule has 0 bridgehead atoms. The predicted octanol–water partition coefficient (Wildman–Crippen LogP) is 6.05. The lowest BCUT2D eigenvalue weighted by molar-refractivity contribution is 0.0950. The molecule has 2 N–H and O–H groups in total. The summed E-state index contributed by atoms with van der Waals surface area (Å²) in [5, 5.41) is 13.9. The normalized spacial score (nSPS) is 11.8. The number of carbonyl (C=O) groups is 1. The van der Waals surface area contributed by atoms with Crippen molar-refractivity contribution in [2.75, 3.05) is 19.7 Å². The quantitative estimate of drug-likeness (QED) is 0.166. The summed E-state index contributed by atoms with van der Waals surface area (Å²) in [7, 11) is 0. The molecule has 0 saturated carbocycles. The minimum atomic E-state index is -0.681. The van der Waals surface area contributed by atoms with Crippen molar-refractivity contribution in [3.63, 3.8) is 0 Å². The van der Waals surface area contributed by atoms with E-state index >= 15 is 0 Å². The van der Waals surface area contributed by atoms with Gasteiger partial charge in [-0.15, -0.1) is 0 Å². The van der Waals surface area contributed by atoms with Crippen LogP contribution in [0.25, 0.3) is 0 Å². The van der Waals surface area contributed by atoms with E-state index in [1.54, 1.807) is 12.1 Å². The van der Waals surface area contributed by atoms with Crippen LogP contribution < -0.4 is 10.1 Å². The molecule has 4 rings (SSSR count). The molecule has 0 aliphatic rings. The minimum absolute atomic E-state index is 0.0416. The van der Waals surface area contributed by atoms with E-state index in [-0.39, 0.29) is 18.3 Å². The van der Waals surface area contributed by atoms with Gasteiger partial charge in [0.2, 0.25) is 0 Å². The van der Waals surface area contributed by atoms with E-state index in [9.17, 15) is 9.90 Å². The largest absolute Gasteiger partial charge is 0.490 e. The first-order valence-electron chi connectivity index (χ1n) is 13.0. The van der Waals surface area contributed by atoms with Gasteiger partial charge >= 0.3 is 0 Å². The third kappa shape index (κ3) is 8.14.